The summed E-state index contributed by atoms with van der Waals surface area (Å²) in [6.07, 6.45) is 1.000. The molecule has 9 nitrogen and oxygen atoms in total. The highest BCUT2D eigenvalue weighted by atomic mass is 16.7. The first-order chi connectivity index (χ1) is 15.6. The van der Waals surface area contributed by atoms with Gasteiger partial charge in [0.2, 0.25) is 6.79 Å². The Morgan fingerprint density at radius 2 is 1.75 bits per heavy atom. The van der Waals surface area contributed by atoms with Crippen LogP contribution in [0.5, 0.6) is 11.5 Å². The van der Waals surface area contributed by atoms with Crippen molar-refractivity contribution in [2.45, 2.75) is 19.4 Å². The van der Waals surface area contributed by atoms with Gasteiger partial charge >= 0.3 is 12.0 Å². The lowest BCUT2D eigenvalue weighted by Crippen LogP contribution is -2.43. The number of nitrogens with one attached hydrogen (secondary N) is 2. The number of nitrogens with zero attached hydrogens (tertiary/aromatic N) is 1. The van der Waals surface area contributed by atoms with Crippen LogP contribution in [0.25, 0.3) is 0 Å². The largest absolute Gasteiger partial charge is 0.455 e. The van der Waals surface area contributed by atoms with Crippen molar-refractivity contribution in [2.75, 3.05) is 31.8 Å². The van der Waals surface area contributed by atoms with Crippen molar-refractivity contribution in [1.29, 1.82) is 0 Å². The predicted octanol–water partition coefficient (Wildman–Crippen LogP) is 2.52. The van der Waals surface area contributed by atoms with Gasteiger partial charge in [0.25, 0.3) is 5.91 Å². The Morgan fingerprint density at radius 1 is 1.00 bits per heavy atom. The van der Waals surface area contributed by atoms with Gasteiger partial charge in [0.15, 0.2) is 18.1 Å². The fraction of sp³-hybridized carbons (Fsp3) is 0.348. The molecule has 2 aromatic rings. The van der Waals surface area contributed by atoms with E-state index in [4.69, 9.17) is 14.2 Å². The molecule has 0 aliphatic carbocycles. The molecule has 4 rings (SSSR count). The van der Waals surface area contributed by atoms with Crippen molar-refractivity contribution in [3.8, 4) is 11.5 Å². The molecule has 2 N–H and O–H groups in total. The van der Waals surface area contributed by atoms with Crippen molar-refractivity contribution in [2.24, 2.45) is 5.92 Å². The number of rotatable bonds is 6. The predicted molar refractivity (Wildman–Crippen MR) is 115 cm³/mol. The second-order valence-corrected chi connectivity index (χ2v) is 7.63. The lowest BCUT2D eigenvalue weighted by molar-refractivity contribution is -0.153. The minimum atomic E-state index is -0.411. The third kappa shape index (κ3) is 5.48. The normalized spacial score (nSPS) is 15.2. The molecule has 3 amide bonds. The topological polar surface area (TPSA) is 106 Å². The van der Waals surface area contributed by atoms with Gasteiger partial charge < -0.3 is 29.7 Å². The Bertz CT molecular complexity index is 973. The lowest BCUT2D eigenvalue weighted by Gasteiger charge is -2.30. The smallest absolute Gasteiger partial charge is 0.321 e. The van der Waals surface area contributed by atoms with Crippen LogP contribution in [0.3, 0.4) is 0 Å². The van der Waals surface area contributed by atoms with Crippen molar-refractivity contribution >= 4 is 23.6 Å². The van der Waals surface area contributed by atoms with Gasteiger partial charge in [-0.05, 0) is 42.7 Å². The van der Waals surface area contributed by atoms with Crippen LogP contribution >= 0.6 is 0 Å². The van der Waals surface area contributed by atoms with Crippen molar-refractivity contribution in [1.82, 2.24) is 10.2 Å². The van der Waals surface area contributed by atoms with Crippen LogP contribution in [0.15, 0.2) is 48.5 Å². The number of carbonyl (C=O) groups is 3. The third-order valence-corrected chi connectivity index (χ3v) is 5.41. The molecule has 1 saturated heterocycles. The van der Waals surface area contributed by atoms with Gasteiger partial charge in [0.1, 0.15) is 0 Å². The number of urea groups is 1. The Kier molecular flexibility index (Phi) is 6.74. The van der Waals surface area contributed by atoms with Crippen LogP contribution in [0.2, 0.25) is 0 Å². The first-order valence-corrected chi connectivity index (χ1v) is 10.5. The molecule has 1 fully saturated rings. The minimum Gasteiger partial charge on any atom is -0.455 e. The molecular weight excluding hydrogens is 414 g/mol. The van der Waals surface area contributed by atoms with E-state index in [1.54, 1.807) is 17.0 Å². The van der Waals surface area contributed by atoms with E-state index in [2.05, 4.69) is 10.6 Å². The standard InChI is InChI=1S/C23H25N3O6/c27-21(24-13-16-6-7-19-20(12-16)32-15-31-19)14-30-22(28)17-8-10-26(11-9-17)23(29)25-18-4-2-1-3-5-18/h1-7,12,17H,8-11,13-15H2,(H,24,27)(H,25,29). The van der Waals surface area contributed by atoms with E-state index in [0.29, 0.717) is 44.0 Å². The summed E-state index contributed by atoms with van der Waals surface area (Å²) in [4.78, 5) is 38.4. The molecule has 2 heterocycles. The van der Waals surface area contributed by atoms with Gasteiger partial charge in [-0.25, -0.2) is 4.79 Å². The quantitative estimate of drug-likeness (QED) is 0.670. The summed E-state index contributed by atoms with van der Waals surface area (Å²) in [5, 5.41) is 5.56. The summed E-state index contributed by atoms with van der Waals surface area (Å²) in [5.74, 6) is 0.212. The first-order valence-electron chi connectivity index (χ1n) is 10.5. The fourth-order valence-electron chi connectivity index (χ4n) is 3.60. The van der Waals surface area contributed by atoms with Crippen molar-refractivity contribution in [3.05, 3.63) is 54.1 Å². The van der Waals surface area contributed by atoms with Gasteiger partial charge in [0, 0.05) is 25.3 Å². The maximum atomic E-state index is 12.3. The van der Waals surface area contributed by atoms with Gasteiger partial charge in [-0.1, -0.05) is 24.3 Å². The molecule has 2 aliphatic heterocycles. The summed E-state index contributed by atoms with van der Waals surface area (Å²) < 4.78 is 15.7. The second-order valence-electron chi connectivity index (χ2n) is 7.63. The van der Waals surface area contributed by atoms with Gasteiger partial charge in [-0.15, -0.1) is 0 Å². The van der Waals surface area contributed by atoms with Gasteiger partial charge in [-0.3, -0.25) is 9.59 Å². The Balaban J connectivity index is 1.15. The van der Waals surface area contributed by atoms with E-state index < -0.39 is 5.97 Å². The molecule has 0 saturated carbocycles. The minimum absolute atomic E-state index is 0.189. The average Bonchev–Trinajstić information content (AvgIpc) is 3.30. The maximum Gasteiger partial charge on any atom is 0.321 e. The molecule has 2 aromatic carbocycles. The molecular formula is C23H25N3O6. The van der Waals surface area contributed by atoms with E-state index in [1.165, 1.54) is 0 Å². The number of likely N-dealkylation sites (tertiary alicyclic amines) is 1. The monoisotopic (exact) mass is 439 g/mol. The summed E-state index contributed by atoms with van der Waals surface area (Å²) in [6, 6.07) is 14.5. The van der Waals surface area contributed by atoms with Crippen LogP contribution in [0.4, 0.5) is 10.5 Å². The summed E-state index contributed by atoms with van der Waals surface area (Å²) in [6.45, 7) is 1.06. The lowest BCUT2D eigenvalue weighted by atomic mass is 9.97. The number of amides is 3. The number of hydrogen-bond donors (Lipinski definition) is 2. The number of carbonyl (C=O) groups excluding carboxylic acids is 3. The zero-order valence-electron chi connectivity index (χ0n) is 17.5. The number of esters is 1. The van der Waals surface area contributed by atoms with Crippen LogP contribution in [-0.2, 0) is 20.9 Å². The van der Waals surface area contributed by atoms with Gasteiger partial charge in [0.05, 0.1) is 5.92 Å². The Hall–Kier alpha value is -3.75. The molecule has 0 bridgehead atoms. The van der Waals surface area contributed by atoms with Crippen LogP contribution in [0.1, 0.15) is 18.4 Å². The zero-order chi connectivity index (χ0) is 22.3. The van der Waals surface area contributed by atoms with Crippen LogP contribution in [-0.4, -0.2) is 49.3 Å². The van der Waals surface area contributed by atoms with Gasteiger partial charge in [-0.2, -0.15) is 0 Å². The fourth-order valence-corrected chi connectivity index (χ4v) is 3.60. The first kappa shape index (κ1) is 21.5. The molecule has 0 atom stereocenters. The number of hydrogen-bond acceptors (Lipinski definition) is 6. The Morgan fingerprint density at radius 3 is 2.53 bits per heavy atom. The SMILES string of the molecule is O=C(COC(=O)C1CCN(C(=O)Nc2ccccc2)CC1)NCc1ccc2c(c1)OCO2. The number of anilines is 1. The van der Waals surface area contributed by atoms with E-state index in [9.17, 15) is 14.4 Å². The molecule has 32 heavy (non-hydrogen) atoms. The molecule has 0 spiro atoms. The van der Waals surface area contributed by atoms with E-state index in [-0.39, 0.29) is 31.3 Å². The highest BCUT2D eigenvalue weighted by molar-refractivity contribution is 5.89. The molecule has 2 aliphatic rings. The zero-order valence-corrected chi connectivity index (χ0v) is 17.5. The molecule has 0 unspecified atom stereocenters. The second kappa shape index (κ2) is 10.0. The summed E-state index contributed by atoms with van der Waals surface area (Å²) in [5.41, 5.74) is 1.58. The highest BCUT2D eigenvalue weighted by Crippen LogP contribution is 2.32. The molecule has 168 valence electrons. The van der Waals surface area contributed by atoms with Crippen molar-refractivity contribution < 1.29 is 28.6 Å². The molecule has 9 heteroatoms. The highest BCUT2D eigenvalue weighted by Gasteiger charge is 2.28. The maximum absolute atomic E-state index is 12.3. The third-order valence-electron chi connectivity index (χ3n) is 5.41. The van der Waals surface area contributed by atoms with Crippen LogP contribution < -0.4 is 20.1 Å². The van der Waals surface area contributed by atoms with Crippen LogP contribution in [0, 0.1) is 5.92 Å². The van der Waals surface area contributed by atoms with E-state index >= 15 is 0 Å². The number of benzene rings is 2. The molecule has 0 radical (unpaired) electrons. The number of fused-ring (bicyclic) bond motifs is 1. The summed E-state index contributed by atoms with van der Waals surface area (Å²) >= 11 is 0. The summed E-state index contributed by atoms with van der Waals surface area (Å²) in [7, 11) is 0. The Labute approximate surface area is 185 Å². The van der Waals surface area contributed by atoms with E-state index in [1.807, 2.05) is 36.4 Å². The number of piperidine rings is 1. The number of para-hydroxylation sites is 1. The number of ether oxygens (including phenoxy) is 3. The average molecular weight is 439 g/mol. The van der Waals surface area contributed by atoms with Crippen molar-refractivity contribution in [3.63, 3.8) is 0 Å². The molecule has 0 aromatic heterocycles. The van der Waals surface area contributed by atoms with E-state index in [0.717, 1.165) is 11.3 Å².